The lowest BCUT2D eigenvalue weighted by Crippen LogP contribution is -2.36. The Morgan fingerprint density at radius 2 is 2.42 bits per heavy atom. The molecule has 6 nitrogen and oxygen atoms in total. The Hall–Kier alpha value is -2.13. The van der Waals surface area contributed by atoms with Crippen molar-refractivity contribution in [1.82, 2.24) is 15.0 Å². The molecule has 1 aliphatic carbocycles. The topological polar surface area (TPSA) is 88.8 Å². The number of aromatic amines is 1. The summed E-state index contributed by atoms with van der Waals surface area (Å²) in [6, 6.07) is 2.30. The molecule has 3 atom stereocenters. The molecule has 19 heavy (non-hydrogen) atoms. The molecule has 2 aromatic rings. The maximum atomic E-state index is 9.59. The number of H-pyrrole nitrogens is 1. The number of rotatable bonds is 2. The molecule has 0 aromatic carbocycles. The maximum Gasteiger partial charge on any atom is 0.144 e. The van der Waals surface area contributed by atoms with Crippen LogP contribution in [-0.4, -0.2) is 39.3 Å². The van der Waals surface area contributed by atoms with Crippen LogP contribution in [0.1, 0.15) is 12.0 Å². The van der Waals surface area contributed by atoms with Crippen LogP contribution in [-0.2, 0) is 0 Å². The van der Waals surface area contributed by atoms with Crippen LogP contribution in [0.4, 0.5) is 5.82 Å². The van der Waals surface area contributed by atoms with Gasteiger partial charge in [0.2, 0.25) is 0 Å². The highest BCUT2D eigenvalue weighted by atomic mass is 16.3. The number of fused-ring (bicyclic) bond motifs is 2. The summed E-state index contributed by atoms with van der Waals surface area (Å²) in [4.78, 5) is 13.6. The van der Waals surface area contributed by atoms with E-state index in [0.717, 1.165) is 17.7 Å². The second kappa shape index (κ2) is 3.68. The van der Waals surface area contributed by atoms with Crippen LogP contribution >= 0.6 is 0 Å². The van der Waals surface area contributed by atoms with Gasteiger partial charge in [0.05, 0.1) is 23.6 Å². The van der Waals surface area contributed by atoms with Crippen molar-refractivity contribution >= 4 is 16.9 Å². The van der Waals surface area contributed by atoms with E-state index in [4.69, 9.17) is 0 Å². The van der Waals surface area contributed by atoms with Crippen LogP contribution in [0.3, 0.4) is 0 Å². The first kappa shape index (κ1) is 10.8. The molecule has 1 saturated carbocycles. The smallest absolute Gasteiger partial charge is 0.144 e. The number of aromatic nitrogens is 3. The standard InChI is InChI=1S/C13H13N5O/c14-2-8-3-15-12-11(8)13(17-6-16-12)18-4-7-1-9(7)10(18)5-19/h3,6-7,9-10,19H,1,4-5H2,(H,15,16,17)/t7?,9?,10-/m1/s1. The molecule has 6 heteroatoms. The largest absolute Gasteiger partial charge is 0.394 e. The highest BCUT2D eigenvalue weighted by Gasteiger charge is 2.52. The molecule has 2 unspecified atom stereocenters. The molecule has 1 saturated heterocycles. The minimum Gasteiger partial charge on any atom is -0.394 e. The third kappa shape index (κ3) is 1.39. The van der Waals surface area contributed by atoms with Crippen molar-refractivity contribution in [1.29, 1.82) is 5.26 Å². The summed E-state index contributed by atoms with van der Waals surface area (Å²) in [5.74, 6) is 2.03. The molecule has 96 valence electrons. The lowest BCUT2D eigenvalue weighted by atomic mass is 10.2. The van der Waals surface area contributed by atoms with E-state index in [1.54, 1.807) is 6.20 Å². The van der Waals surface area contributed by atoms with Crippen molar-refractivity contribution < 1.29 is 5.11 Å². The van der Waals surface area contributed by atoms with Crippen molar-refractivity contribution in [2.45, 2.75) is 12.5 Å². The van der Waals surface area contributed by atoms with Crippen LogP contribution < -0.4 is 4.90 Å². The molecule has 1 aliphatic heterocycles. The molecule has 2 aliphatic rings. The first-order valence-electron chi connectivity index (χ1n) is 6.43. The van der Waals surface area contributed by atoms with Gasteiger partial charge in [-0.15, -0.1) is 0 Å². The molecular formula is C13H13N5O. The Kier molecular flexibility index (Phi) is 2.09. The van der Waals surface area contributed by atoms with Crippen molar-refractivity contribution in [3.8, 4) is 6.07 Å². The van der Waals surface area contributed by atoms with Gasteiger partial charge in [0, 0.05) is 12.7 Å². The third-order valence-electron chi connectivity index (χ3n) is 4.33. The van der Waals surface area contributed by atoms with E-state index in [1.807, 2.05) is 0 Å². The normalized spacial score (nSPS) is 28.4. The second-order valence-corrected chi connectivity index (χ2v) is 5.30. The van der Waals surface area contributed by atoms with Gasteiger partial charge in [-0.3, -0.25) is 0 Å². The molecule has 0 spiro atoms. The number of hydrogen-bond donors (Lipinski definition) is 2. The molecule has 2 aromatic heterocycles. The molecule has 2 N–H and O–H groups in total. The summed E-state index contributed by atoms with van der Waals surface area (Å²) in [5, 5.41) is 19.5. The monoisotopic (exact) mass is 255 g/mol. The average molecular weight is 255 g/mol. The SMILES string of the molecule is N#Cc1c[nH]c2ncnc(N3CC4CC4[C@H]3CO)c12. The highest BCUT2D eigenvalue weighted by Crippen LogP contribution is 2.51. The van der Waals surface area contributed by atoms with Crippen molar-refractivity contribution in [3.05, 3.63) is 18.1 Å². The van der Waals surface area contributed by atoms with E-state index in [0.29, 0.717) is 23.0 Å². The Labute approximate surface area is 109 Å². The molecule has 3 heterocycles. The number of nitrogens with zero attached hydrogens (tertiary/aromatic N) is 4. The first-order valence-corrected chi connectivity index (χ1v) is 6.43. The van der Waals surface area contributed by atoms with Crippen molar-refractivity contribution in [3.63, 3.8) is 0 Å². The third-order valence-corrected chi connectivity index (χ3v) is 4.33. The zero-order valence-electron chi connectivity index (χ0n) is 10.2. The molecule has 4 rings (SSSR count). The Bertz CT molecular complexity index is 688. The summed E-state index contributed by atoms with van der Waals surface area (Å²) in [6.45, 7) is 1.05. The van der Waals surface area contributed by atoms with Crippen molar-refractivity contribution in [2.75, 3.05) is 18.1 Å². The van der Waals surface area contributed by atoms with E-state index < -0.39 is 0 Å². The van der Waals surface area contributed by atoms with Gasteiger partial charge in [-0.25, -0.2) is 9.97 Å². The minimum atomic E-state index is 0.129. The molecular weight excluding hydrogens is 242 g/mol. The summed E-state index contributed by atoms with van der Waals surface area (Å²) in [6.07, 6.45) is 4.37. The van der Waals surface area contributed by atoms with Crippen LogP contribution in [0, 0.1) is 23.2 Å². The average Bonchev–Trinajstić information content (AvgIpc) is 2.94. The van der Waals surface area contributed by atoms with E-state index in [9.17, 15) is 10.4 Å². The zero-order chi connectivity index (χ0) is 13.0. The van der Waals surface area contributed by atoms with Crippen molar-refractivity contribution in [2.24, 2.45) is 11.8 Å². The quantitative estimate of drug-likeness (QED) is 0.822. The van der Waals surface area contributed by atoms with Crippen LogP contribution in [0.15, 0.2) is 12.5 Å². The van der Waals surface area contributed by atoms with Gasteiger partial charge in [0.15, 0.2) is 0 Å². The molecule has 0 amide bonds. The van der Waals surface area contributed by atoms with Gasteiger partial charge in [-0.2, -0.15) is 5.26 Å². The number of nitrogens with one attached hydrogen (secondary N) is 1. The summed E-state index contributed by atoms with van der Waals surface area (Å²) in [7, 11) is 0. The fourth-order valence-electron chi connectivity index (χ4n) is 3.30. The van der Waals surface area contributed by atoms with Gasteiger partial charge >= 0.3 is 0 Å². The molecule has 2 fully saturated rings. The van der Waals surface area contributed by atoms with Gasteiger partial charge < -0.3 is 15.0 Å². The van der Waals surface area contributed by atoms with Gasteiger partial charge in [-0.1, -0.05) is 0 Å². The van der Waals surface area contributed by atoms with Gasteiger partial charge in [0.25, 0.3) is 0 Å². The Morgan fingerprint density at radius 1 is 1.53 bits per heavy atom. The van der Waals surface area contributed by atoms with Crippen LogP contribution in [0.2, 0.25) is 0 Å². The lowest BCUT2D eigenvalue weighted by molar-refractivity contribution is 0.255. The summed E-state index contributed by atoms with van der Waals surface area (Å²) >= 11 is 0. The Morgan fingerprint density at radius 3 is 3.21 bits per heavy atom. The Balaban J connectivity index is 1.87. The number of piperidine rings is 1. The minimum absolute atomic E-state index is 0.129. The number of aliphatic hydroxyl groups is 1. The molecule has 0 radical (unpaired) electrons. The fraction of sp³-hybridized carbons (Fsp3) is 0.462. The molecule has 0 bridgehead atoms. The van der Waals surface area contributed by atoms with E-state index in [-0.39, 0.29) is 12.6 Å². The predicted molar refractivity (Wildman–Crippen MR) is 68.4 cm³/mol. The van der Waals surface area contributed by atoms with E-state index in [1.165, 1.54) is 12.7 Å². The van der Waals surface area contributed by atoms with Crippen LogP contribution in [0.5, 0.6) is 0 Å². The summed E-state index contributed by atoms with van der Waals surface area (Å²) in [5.41, 5.74) is 1.24. The van der Waals surface area contributed by atoms with Gasteiger partial charge in [0.1, 0.15) is 23.9 Å². The van der Waals surface area contributed by atoms with Gasteiger partial charge in [-0.05, 0) is 18.3 Å². The second-order valence-electron chi connectivity index (χ2n) is 5.30. The summed E-state index contributed by atoms with van der Waals surface area (Å²) < 4.78 is 0. The maximum absolute atomic E-state index is 9.59. The fourth-order valence-corrected chi connectivity index (χ4v) is 3.30. The van der Waals surface area contributed by atoms with E-state index in [2.05, 4.69) is 25.9 Å². The predicted octanol–water partition coefficient (Wildman–Crippen LogP) is 0.647. The first-order chi connectivity index (χ1) is 9.33. The number of hydrogen-bond acceptors (Lipinski definition) is 5. The lowest BCUT2D eigenvalue weighted by Gasteiger charge is -2.27. The van der Waals surface area contributed by atoms with Crippen LogP contribution in [0.25, 0.3) is 11.0 Å². The van der Waals surface area contributed by atoms with E-state index >= 15 is 0 Å². The number of nitriles is 1. The zero-order valence-corrected chi connectivity index (χ0v) is 10.2. The number of aliphatic hydroxyl groups excluding tert-OH is 1. The number of anilines is 1. The highest BCUT2D eigenvalue weighted by molar-refractivity contribution is 5.93.